The van der Waals surface area contributed by atoms with Gasteiger partial charge in [0.1, 0.15) is 30.6 Å². The predicted octanol–water partition coefficient (Wildman–Crippen LogP) is 5.79. The van der Waals surface area contributed by atoms with Gasteiger partial charge in [-0.05, 0) is 45.2 Å². The molecule has 2 unspecified atom stereocenters. The summed E-state index contributed by atoms with van der Waals surface area (Å²) in [5, 5.41) is 3.72. The number of para-hydroxylation sites is 1. The molecule has 10 heteroatoms. The quantitative estimate of drug-likeness (QED) is 0.192. The first-order chi connectivity index (χ1) is 21.0. The second kappa shape index (κ2) is 13.0. The van der Waals surface area contributed by atoms with Crippen molar-refractivity contribution >= 4 is 28.9 Å². The predicted molar refractivity (Wildman–Crippen MR) is 164 cm³/mol. The molecule has 2 heterocycles. The second-order valence-electron chi connectivity index (χ2n) is 12.2. The maximum atomic E-state index is 13.6. The number of aromatic nitrogens is 3. The average Bonchev–Trinajstić information content (AvgIpc) is 3.48. The number of alkyl carbamates (subject to hydrolysis) is 1. The molecule has 44 heavy (non-hydrogen) atoms. The highest BCUT2D eigenvalue weighted by Crippen LogP contribution is 2.34. The smallest absolute Gasteiger partial charge is 0.444 e. The van der Waals surface area contributed by atoms with Crippen LogP contribution in [-0.4, -0.2) is 39.3 Å². The number of imidazole rings is 1. The standard InChI is InChI=1S/C34H40N4O6/c1-23-37(21-25-15-16-28-30(31(25)39)26-13-9-10-14-27(26)36(28)5)19-20-38(23)22-42-33(41)43-29(24-11-7-6-8-12-24)17-18-35-32(40)44-34(2,3)4/h6-14,19-20,25,29H,15-18,21-22H2,1-5H3/p+1. The molecule has 0 radical (unpaired) electrons. The number of rotatable bonds is 9. The SMILES string of the molecule is Cc1n(CC2CCc3c(c4ccccc4n3C)C2=O)cc[n+]1COC(=O)OC(CCNC(=O)OC(C)(C)C)c1ccccc1. The zero-order valence-electron chi connectivity index (χ0n) is 26.0. The van der Waals surface area contributed by atoms with E-state index in [0.29, 0.717) is 13.0 Å². The van der Waals surface area contributed by atoms with Crippen LogP contribution in [0.3, 0.4) is 0 Å². The van der Waals surface area contributed by atoms with E-state index in [4.69, 9.17) is 14.2 Å². The third kappa shape index (κ3) is 6.96. The Morgan fingerprint density at radius 2 is 1.82 bits per heavy atom. The van der Waals surface area contributed by atoms with Gasteiger partial charge in [-0.2, -0.15) is 4.57 Å². The van der Waals surface area contributed by atoms with Crippen LogP contribution < -0.4 is 9.88 Å². The molecule has 0 aliphatic heterocycles. The minimum absolute atomic E-state index is 0.0403. The van der Waals surface area contributed by atoms with Crippen LogP contribution in [0, 0.1) is 12.8 Å². The number of carbonyl (C=O) groups excluding carboxylic acids is 3. The summed E-state index contributed by atoms with van der Waals surface area (Å²) in [7, 11) is 2.03. The largest absolute Gasteiger partial charge is 0.512 e. The Labute approximate surface area is 257 Å². The van der Waals surface area contributed by atoms with E-state index in [9.17, 15) is 14.4 Å². The molecule has 1 N–H and O–H groups in total. The van der Waals surface area contributed by atoms with E-state index in [2.05, 4.69) is 16.0 Å². The maximum absolute atomic E-state index is 13.6. The molecule has 232 valence electrons. The van der Waals surface area contributed by atoms with Crippen LogP contribution in [0.25, 0.3) is 10.9 Å². The van der Waals surface area contributed by atoms with Crippen LogP contribution in [0.15, 0.2) is 67.0 Å². The lowest BCUT2D eigenvalue weighted by Crippen LogP contribution is -2.38. The van der Waals surface area contributed by atoms with E-state index in [1.165, 1.54) is 0 Å². The minimum atomic E-state index is -0.818. The minimum Gasteiger partial charge on any atom is -0.444 e. The number of aryl methyl sites for hydroxylation is 1. The first-order valence-electron chi connectivity index (χ1n) is 15.0. The van der Waals surface area contributed by atoms with E-state index in [0.717, 1.165) is 46.4 Å². The summed E-state index contributed by atoms with van der Waals surface area (Å²) in [5.74, 6) is 0.894. The number of hydrogen-bond acceptors (Lipinski definition) is 6. The van der Waals surface area contributed by atoms with Crippen molar-refractivity contribution in [3.8, 4) is 0 Å². The highest BCUT2D eigenvalue weighted by Gasteiger charge is 2.34. The lowest BCUT2D eigenvalue weighted by molar-refractivity contribution is -0.732. The molecule has 1 aliphatic rings. The van der Waals surface area contributed by atoms with Gasteiger partial charge in [-0.3, -0.25) is 4.79 Å². The first kappa shape index (κ1) is 30.8. The van der Waals surface area contributed by atoms with Gasteiger partial charge in [0, 0.05) is 49.1 Å². The average molecular weight is 602 g/mol. The number of Topliss-reactive ketones (excluding diaryl/α,β-unsaturated/α-hetero) is 1. The number of carbonyl (C=O) groups is 3. The maximum Gasteiger partial charge on any atom is 0.512 e. The summed E-state index contributed by atoms with van der Waals surface area (Å²) in [6.07, 6.45) is 3.74. The zero-order chi connectivity index (χ0) is 31.4. The van der Waals surface area contributed by atoms with Crippen LogP contribution in [0.2, 0.25) is 0 Å². The van der Waals surface area contributed by atoms with E-state index in [1.807, 2.05) is 79.5 Å². The van der Waals surface area contributed by atoms with Gasteiger partial charge < -0.3 is 24.1 Å². The summed E-state index contributed by atoms with van der Waals surface area (Å²) < 4.78 is 22.4. The Kier molecular flexibility index (Phi) is 9.08. The molecule has 0 saturated heterocycles. The second-order valence-corrected chi connectivity index (χ2v) is 12.2. The summed E-state index contributed by atoms with van der Waals surface area (Å²) in [5.41, 5.74) is 3.21. The molecule has 0 saturated carbocycles. The molecule has 1 amide bonds. The van der Waals surface area contributed by atoms with E-state index < -0.39 is 24.0 Å². The lowest BCUT2D eigenvalue weighted by Gasteiger charge is -2.21. The van der Waals surface area contributed by atoms with E-state index >= 15 is 0 Å². The summed E-state index contributed by atoms with van der Waals surface area (Å²) >= 11 is 0. The third-order valence-electron chi connectivity index (χ3n) is 8.06. The summed E-state index contributed by atoms with van der Waals surface area (Å²) in [6.45, 7) is 8.07. The van der Waals surface area contributed by atoms with Gasteiger partial charge in [0.25, 0.3) is 5.82 Å². The monoisotopic (exact) mass is 601 g/mol. The van der Waals surface area contributed by atoms with Crippen molar-refractivity contribution < 1.29 is 33.2 Å². The Hall–Kier alpha value is -4.60. The van der Waals surface area contributed by atoms with Crippen LogP contribution >= 0.6 is 0 Å². The topological polar surface area (TPSA) is 105 Å². The van der Waals surface area contributed by atoms with Gasteiger partial charge in [0.05, 0.1) is 5.92 Å². The van der Waals surface area contributed by atoms with Crippen molar-refractivity contribution in [3.05, 3.63) is 89.6 Å². The van der Waals surface area contributed by atoms with E-state index in [-0.39, 0.29) is 25.0 Å². The fourth-order valence-electron chi connectivity index (χ4n) is 5.80. The Balaban J connectivity index is 1.18. The molecule has 2 atom stereocenters. The molecule has 0 fully saturated rings. The van der Waals surface area contributed by atoms with Crippen LogP contribution in [0.4, 0.5) is 9.59 Å². The fourth-order valence-corrected chi connectivity index (χ4v) is 5.80. The van der Waals surface area contributed by atoms with Crippen molar-refractivity contribution in [3.63, 3.8) is 0 Å². The molecule has 2 aromatic carbocycles. The van der Waals surface area contributed by atoms with Gasteiger partial charge in [-0.25, -0.2) is 14.2 Å². The van der Waals surface area contributed by atoms with Gasteiger partial charge >= 0.3 is 12.2 Å². The number of nitrogens with one attached hydrogen (secondary N) is 1. The fraction of sp³-hybridized carbons (Fsp3) is 0.412. The van der Waals surface area contributed by atoms with Gasteiger partial charge in [0.2, 0.25) is 6.73 Å². The van der Waals surface area contributed by atoms with Crippen molar-refractivity contribution in [2.75, 3.05) is 6.54 Å². The number of amides is 1. The van der Waals surface area contributed by atoms with Crippen molar-refractivity contribution in [2.24, 2.45) is 13.0 Å². The lowest BCUT2D eigenvalue weighted by atomic mass is 9.85. The van der Waals surface area contributed by atoms with Crippen molar-refractivity contribution in [1.82, 2.24) is 14.5 Å². The molecule has 2 aromatic heterocycles. The molecule has 10 nitrogen and oxygen atoms in total. The van der Waals surface area contributed by atoms with Gasteiger partial charge in [-0.15, -0.1) is 0 Å². The Morgan fingerprint density at radius 3 is 2.57 bits per heavy atom. The number of ether oxygens (including phenoxy) is 3. The highest BCUT2D eigenvalue weighted by atomic mass is 16.7. The molecule has 0 bridgehead atoms. The first-order valence-corrected chi connectivity index (χ1v) is 15.0. The van der Waals surface area contributed by atoms with Gasteiger partial charge in [0.15, 0.2) is 5.78 Å². The van der Waals surface area contributed by atoms with Crippen LogP contribution in [0.5, 0.6) is 0 Å². The molecule has 1 aliphatic carbocycles. The summed E-state index contributed by atoms with van der Waals surface area (Å²) in [6, 6.07) is 17.4. The van der Waals surface area contributed by atoms with Crippen molar-refractivity contribution in [1.29, 1.82) is 0 Å². The Bertz CT molecular complexity index is 1650. The number of nitrogens with zero attached hydrogens (tertiary/aromatic N) is 3. The molecule has 4 aromatic rings. The third-order valence-corrected chi connectivity index (χ3v) is 8.06. The molecule has 0 spiro atoms. The van der Waals surface area contributed by atoms with Crippen LogP contribution in [0.1, 0.15) is 67.2 Å². The normalized spacial score (nSPS) is 15.5. The van der Waals surface area contributed by atoms with E-state index in [1.54, 1.807) is 25.3 Å². The van der Waals surface area contributed by atoms with Crippen LogP contribution in [-0.2, 0) is 41.0 Å². The number of ketones is 1. The number of fused-ring (bicyclic) bond motifs is 3. The zero-order valence-corrected chi connectivity index (χ0v) is 26.0. The highest BCUT2D eigenvalue weighted by molar-refractivity contribution is 6.11. The number of benzene rings is 2. The summed E-state index contributed by atoms with van der Waals surface area (Å²) in [4.78, 5) is 38.4. The molecular weight excluding hydrogens is 560 g/mol. The molecule has 5 rings (SSSR count). The van der Waals surface area contributed by atoms with Crippen molar-refractivity contribution in [2.45, 2.75) is 71.9 Å². The Morgan fingerprint density at radius 1 is 1.09 bits per heavy atom. The molecular formula is C34H41N4O6+. The van der Waals surface area contributed by atoms with Gasteiger partial charge in [-0.1, -0.05) is 48.5 Å². The number of hydrogen-bond donors (Lipinski definition) is 1.